The molecule has 3 heterocycles. The highest BCUT2D eigenvalue weighted by molar-refractivity contribution is 5.96. The first-order valence-electron chi connectivity index (χ1n) is 14.7. The van der Waals surface area contributed by atoms with Crippen LogP contribution in [0.1, 0.15) is 23.2 Å². The Hall–Kier alpha value is -4.63. The molecule has 1 aromatic heterocycles. The number of carbonyl (C=O) groups excluding carboxylic acids is 2. The molecule has 0 spiro atoms. The average Bonchev–Trinajstić information content (AvgIpc) is 3.58. The summed E-state index contributed by atoms with van der Waals surface area (Å²) in [5.74, 6) is -0.498. The first kappa shape index (κ1) is 28.5. The molecule has 2 saturated heterocycles. The van der Waals surface area contributed by atoms with Gasteiger partial charge < -0.3 is 19.4 Å². The summed E-state index contributed by atoms with van der Waals surface area (Å²) in [5.41, 5.74) is 4.07. The van der Waals surface area contributed by atoms with Crippen molar-refractivity contribution in [2.24, 2.45) is 0 Å². The van der Waals surface area contributed by atoms with E-state index in [0.29, 0.717) is 32.8 Å². The Morgan fingerprint density at radius 1 is 0.814 bits per heavy atom. The van der Waals surface area contributed by atoms with Gasteiger partial charge in [0, 0.05) is 44.9 Å². The summed E-state index contributed by atoms with van der Waals surface area (Å²) in [6, 6.07) is 28.3. The number of benzene rings is 3. The zero-order chi connectivity index (χ0) is 29.6. The van der Waals surface area contributed by atoms with E-state index in [1.807, 2.05) is 30.3 Å². The third kappa shape index (κ3) is 6.73. The molecule has 0 unspecified atom stereocenters. The van der Waals surface area contributed by atoms with Gasteiger partial charge in [0.05, 0.1) is 17.4 Å². The van der Waals surface area contributed by atoms with Crippen LogP contribution in [0.2, 0.25) is 0 Å². The molecule has 43 heavy (non-hydrogen) atoms. The fraction of sp³-hybridized carbons (Fsp3) is 0.294. The maximum atomic E-state index is 14.4. The van der Waals surface area contributed by atoms with Gasteiger partial charge >= 0.3 is 0 Å². The van der Waals surface area contributed by atoms with Gasteiger partial charge in [0.15, 0.2) is 5.82 Å². The lowest BCUT2D eigenvalue weighted by Gasteiger charge is -2.36. The van der Waals surface area contributed by atoms with Gasteiger partial charge in [0.2, 0.25) is 5.91 Å². The normalized spacial score (nSPS) is 16.7. The number of carbonyl (C=O) groups is 2. The molecule has 0 N–H and O–H groups in total. The van der Waals surface area contributed by atoms with E-state index >= 15 is 0 Å². The fourth-order valence-electron chi connectivity index (χ4n) is 5.62. The predicted octanol–water partition coefficient (Wildman–Crippen LogP) is 4.92. The van der Waals surface area contributed by atoms with Gasteiger partial charge in [-0.1, -0.05) is 66.7 Å². The van der Waals surface area contributed by atoms with Crippen molar-refractivity contribution in [3.8, 4) is 22.4 Å². The highest BCUT2D eigenvalue weighted by atomic mass is 19.1. The third-order valence-corrected chi connectivity index (χ3v) is 8.06. The topological polar surface area (TPSA) is 78.9 Å². The first-order valence-corrected chi connectivity index (χ1v) is 14.7. The Labute approximate surface area is 250 Å². The second kappa shape index (κ2) is 13.1. The molecule has 0 radical (unpaired) electrons. The minimum Gasteiger partial charge on any atom is -0.376 e. The quantitative estimate of drug-likeness (QED) is 0.295. The highest BCUT2D eigenvalue weighted by Crippen LogP contribution is 2.25. The van der Waals surface area contributed by atoms with E-state index in [1.54, 1.807) is 17.0 Å². The van der Waals surface area contributed by atoms with Gasteiger partial charge in [0.25, 0.3) is 5.91 Å². The number of ether oxygens (including phenoxy) is 1. The van der Waals surface area contributed by atoms with E-state index in [9.17, 15) is 14.0 Å². The number of rotatable bonds is 8. The Morgan fingerprint density at radius 3 is 2.19 bits per heavy atom. The maximum Gasteiger partial charge on any atom is 0.257 e. The van der Waals surface area contributed by atoms with Crippen LogP contribution in [0.4, 0.5) is 10.2 Å². The van der Waals surface area contributed by atoms with Crippen molar-refractivity contribution >= 4 is 17.6 Å². The van der Waals surface area contributed by atoms with Crippen molar-refractivity contribution in [3.63, 3.8) is 0 Å². The molecular formula is C34H34FN5O3. The van der Waals surface area contributed by atoms with E-state index in [-0.39, 0.29) is 30.7 Å². The molecule has 0 bridgehead atoms. The summed E-state index contributed by atoms with van der Waals surface area (Å²) in [4.78, 5) is 31.9. The predicted molar refractivity (Wildman–Crippen MR) is 163 cm³/mol. The second-order valence-electron chi connectivity index (χ2n) is 10.9. The molecule has 0 aliphatic carbocycles. The molecule has 6 rings (SSSR count). The summed E-state index contributed by atoms with van der Waals surface area (Å²) in [6.45, 7) is 2.94. The van der Waals surface area contributed by atoms with Gasteiger partial charge in [-0.25, -0.2) is 4.39 Å². The number of anilines is 1. The van der Waals surface area contributed by atoms with Crippen LogP contribution in [0, 0.1) is 5.82 Å². The third-order valence-electron chi connectivity index (χ3n) is 8.06. The number of nitrogens with zero attached hydrogens (tertiary/aromatic N) is 5. The largest absolute Gasteiger partial charge is 0.376 e. The van der Waals surface area contributed by atoms with Crippen LogP contribution in [-0.2, 0) is 9.53 Å². The summed E-state index contributed by atoms with van der Waals surface area (Å²) < 4.78 is 20.1. The number of aromatic nitrogens is 2. The van der Waals surface area contributed by atoms with Crippen LogP contribution >= 0.6 is 0 Å². The van der Waals surface area contributed by atoms with Crippen LogP contribution in [0.25, 0.3) is 22.4 Å². The summed E-state index contributed by atoms with van der Waals surface area (Å²) in [6.07, 6.45) is 1.57. The van der Waals surface area contributed by atoms with Gasteiger partial charge in [-0.3, -0.25) is 9.59 Å². The summed E-state index contributed by atoms with van der Waals surface area (Å²) in [5, 5.41) is 8.94. The highest BCUT2D eigenvalue weighted by Gasteiger charge is 2.29. The summed E-state index contributed by atoms with van der Waals surface area (Å²) in [7, 11) is 0. The van der Waals surface area contributed by atoms with Crippen LogP contribution < -0.4 is 4.90 Å². The van der Waals surface area contributed by atoms with E-state index in [0.717, 1.165) is 35.5 Å². The smallest absolute Gasteiger partial charge is 0.257 e. The summed E-state index contributed by atoms with van der Waals surface area (Å²) >= 11 is 0. The molecule has 9 heteroatoms. The maximum absolute atomic E-state index is 14.4. The van der Waals surface area contributed by atoms with Crippen molar-refractivity contribution < 1.29 is 18.7 Å². The first-order chi connectivity index (χ1) is 21.0. The van der Waals surface area contributed by atoms with Crippen LogP contribution in [0.5, 0.6) is 0 Å². The lowest BCUT2D eigenvalue weighted by Crippen LogP contribution is -2.52. The van der Waals surface area contributed by atoms with Crippen molar-refractivity contribution in [1.82, 2.24) is 20.0 Å². The van der Waals surface area contributed by atoms with Crippen LogP contribution in [-0.4, -0.2) is 83.8 Å². The molecule has 2 fully saturated rings. The van der Waals surface area contributed by atoms with Crippen molar-refractivity contribution in [2.75, 3.05) is 50.8 Å². The molecule has 8 nitrogen and oxygen atoms in total. The molecule has 220 valence electrons. The van der Waals surface area contributed by atoms with E-state index in [2.05, 4.69) is 51.5 Å². The van der Waals surface area contributed by atoms with Crippen LogP contribution in [0.3, 0.4) is 0 Å². The van der Waals surface area contributed by atoms with Gasteiger partial charge in [-0.15, -0.1) is 10.2 Å². The number of hydrogen-bond donors (Lipinski definition) is 0. The fourth-order valence-corrected chi connectivity index (χ4v) is 5.62. The van der Waals surface area contributed by atoms with Crippen molar-refractivity contribution in [2.45, 2.75) is 18.9 Å². The SMILES string of the molecule is O=C(CN(C[C@H]1CCCO1)C(=O)c1ccccc1F)N1CCN(c2ccc(-c3ccc(-c4ccccc4)cc3)nn2)CC1. The molecule has 2 amide bonds. The molecule has 0 saturated carbocycles. The van der Waals surface area contributed by atoms with E-state index < -0.39 is 11.7 Å². The molecular weight excluding hydrogens is 545 g/mol. The molecule has 2 aliphatic rings. The Bertz CT molecular complexity index is 1530. The van der Waals surface area contributed by atoms with E-state index in [4.69, 9.17) is 4.74 Å². The molecule has 1 atom stereocenters. The standard InChI is InChI=1S/C34H34FN5O3/c35-30-11-5-4-10-29(30)34(42)40(23-28-9-6-22-43-28)24-33(41)39-20-18-38(19-21-39)32-17-16-31(36-37-32)27-14-12-26(13-15-27)25-7-2-1-3-8-25/h1-5,7-8,10-17,28H,6,9,18-24H2/t28-/m1/s1. The Balaban J connectivity index is 1.06. The Morgan fingerprint density at radius 2 is 1.51 bits per heavy atom. The molecule has 2 aliphatic heterocycles. The zero-order valence-corrected chi connectivity index (χ0v) is 23.9. The molecule has 4 aromatic rings. The zero-order valence-electron chi connectivity index (χ0n) is 23.9. The lowest BCUT2D eigenvalue weighted by molar-refractivity contribution is -0.132. The minimum atomic E-state index is -0.595. The van der Waals surface area contributed by atoms with Gasteiger partial charge in [-0.05, 0) is 48.2 Å². The number of amides is 2. The monoisotopic (exact) mass is 579 g/mol. The second-order valence-corrected chi connectivity index (χ2v) is 10.9. The molecule has 3 aromatic carbocycles. The van der Waals surface area contributed by atoms with Gasteiger partial charge in [-0.2, -0.15) is 0 Å². The minimum absolute atomic E-state index is 0.0349. The van der Waals surface area contributed by atoms with Crippen molar-refractivity contribution in [1.29, 1.82) is 0 Å². The van der Waals surface area contributed by atoms with Crippen LogP contribution in [0.15, 0.2) is 91.0 Å². The number of halogens is 1. The van der Waals surface area contributed by atoms with Gasteiger partial charge in [0.1, 0.15) is 12.4 Å². The average molecular weight is 580 g/mol. The number of hydrogen-bond acceptors (Lipinski definition) is 6. The Kier molecular flexibility index (Phi) is 8.70. The lowest BCUT2D eigenvalue weighted by atomic mass is 10.0. The number of piperazine rings is 1. The van der Waals surface area contributed by atoms with E-state index in [1.165, 1.54) is 22.6 Å². The van der Waals surface area contributed by atoms with Crippen molar-refractivity contribution in [3.05, 3.63) is 102 Å².